The number of aryl methyl sites for hydroxylation is 1. The Morgan fingerprint density at radius 1 is 1.26 bits per heavy atom. The van der Waals surface area contributed by atoms with E-state index in [1.807, 2.05) is 37.3 Å². The second-order valence-electron chi connectivity index (χ2n) is 4.14. The minimum absolute atomic E-state index is 0.0159. The molecule has 0 saturated carbocycles. The molecule has 0 aliphatic heterocycles. The van der Waals surface area contributed by atoms with E-state index in [2.05, 4.69) is 20.9 Å². The largest absolute Gasteiger partial charge is 0.289 e. The lowest BCUT2D eigenvalue weighted by Crippen LogP contribution is -2.00. The highest BCUT2D eigenvalue weighted by Gasteiger charge is 2.06. The number of nitrogens with zero attached hydrogens (tertiary/aromatic N) is 1. The average molecular weight is 316 g/mol. The molecule has 0 unspecified atom stereocenters. The van der Waals surface area contributed by atoms with Crippen molar-refractivity contribution in [3.8, 4) is 0 Å². The lowest BCUT2D eigenvalue weighted by atomic mass is 10.0. The number of halogens is 1. The third-order valence-electron chi connectivity index (χ3n) is 2.85. The van der Waals surface area contributed by atoms with E-state index in [1.54, 1.807) is 24.5 Å². The third-order valence-corrected chi connectivity index (χ3v) is 3.38. The van der Waals surface area contributed by atoms with Gasteiger partial charge in [0.05, 0.1) is 0 Å². The smallest absolute Gasteiger partial charge is 0.186 e. The highest BCUT2D eigenvalue weighted by atomic mass is 79.9. The van der Waals surface area contributed by atoms with Gasteiger partial charge in [0.2, 0.25) is 0 Å². The lowest BCUT2D eigenvalue weighted by molar-refractivity contribution is 0.104. The molecule has 0 spiro atoms. The molecule has 1 aromatic carbocycles. The fourth-order valence-corrected chi connectivity index (χ4v) is 2.05. The molecule has 1 heterocycles. The van der Waals surface area contributed by atoms with Crippen molar-refractivity contribution in [1.82, 2.24) is 4.98 Å². The molecule has 19 heavy (non-hydrogen) atoms. The first-order valence-corrected chi connectivity index (χ1v) is 6.91. The van der Waals surface area contributed by atoms with Crippen LogP contribution >= 0.6 is 15.9 Å². The van der Waals surface area contributed by atoms with Gasteiger partial charge < -0.3 is 0 Å². The van der Waals surface area contributed by atoms with Crippen LogP contribution in [0.1, 0.15) is 28.4 Å². The summed E-state index contributed by atoms with van der Waals surface area (Å²) in [5.74, 6) is 0.0159. The Kier molecular flexibility index (Phi) is 4.63. The normalized spacial score (nSPS) is 10.8. The van der Waals surface area contributed by atoms with Crippen molar-refractivity contribution in [3.63, 3.8) is 0 Å². The number of carbonyl (C=O) groups excluding carboxylic acids is 1. The zero-order chi connectivity index (χ0) is 13.7. The molecule has 2 rings (SSSR count). The van der Waals surface area contributed by atoms with Crippen molar-refractivity contribution in [1.29, 1.82) is 0 Å². The zero-order valence-electron chi connectivity index (χ0n) is 10.6. The van der Waals surface area contributed by atoms with Gasteiger partial charge in [-0.05, 0) is 41.8 Å². The van der Waals surface area contributed by atoms with Crippen LogP contribution < -0.4 is 0 Å². The van der Waals surface area contributed by atoms with Gasteiger partial charge in [-0.15, -0.1) is 0 Å². The monoisotopic (exact) mass is 315 g/mol. The van der Waals surface area contributed by atoms with Crippen molar-refractivity contribution in [2.45, 2.75) is 13.3 Å². The number of allylic oxidation sites excluding steroid dienone is 1. The summed E-state index contributed by atoms with van der Waals surface area (Å²) < 4.78 is 1.03. The van der Waals surface area contributed by atoms with E-state index in [-0.39, 0.29) is 5.78 Å². The van der Waals surface area contributed by atoms with Gasteiger partial charge in [-0.1, -0.05) is 41.1 Å². The van der Waals surface area contributed by atoms with Crippen LogP contribution in [0.25, 0.3) is 6.08 Å². The van der Waals surface area contributed by atoms with E-state index in [1.165, 1.54) is 0 Å². The van der Waals surface area contributed by atoms with Gasteiger partial charge in [-0.3, -0.25) is 9.78 Å². The summed E-state index contributed by atoms with van der Waals surface area (Å²) in [6.45, 7) is 2.02. The number of benzene rings is 1. The van der Waals surface area contributed by atoms with E-state index < -0.39 is 0 Å². The second kappa shape index (κ2) is 6.43. The Morgan fingerprint density at radius 3 is 2.68 bits per heavy atom. The molecule has 0 radical (unpaired) electrons. The molecule has 0 N–H and O–H groups in total. The van der Waals surface area contributed by atoms with Gasteiger partial charge in [0.1, 0.15) is 0 Å². The summed E-state index contributed by atoms with van der Waals surface area (Å²) in [4.78, 5) is 16.2. The summed E-state index contributed by atoms with van der Waals surface area (Å²) in [5, 5.41) is 0. The number of carbonyl (C=O) groups is 1. The third kappa shape index (κ3) is 3.61. The van der Waals surface area contributed by atoms with Crippen LogP contribution in [0.4, 0.5) is 0 Å². The first-order valence-electron chi connectivity index (χ1n) is 6.11. The number of hydrogen-bond donors (Lipinski definition) is 0. The van der Waals surface area contributed by atoms with Crippen molar-refractivity contribution in [2.75, 3.05) is 0 Å². The van der Waals surface area contributed by atoms with Gasteiger partial charge >= 0.3 is 0 Å². The van der Waals surface area contributed by atoms with Gasteiger partial charge in [0.15, 0.2) is 5.78 Å². The molecule has 96 valence electrons. The second-order valence-corrected chi connectivity index (χ2v) is 5.05. The Labute approximate surface area is 121 Å². The molecular weight excluding hydrogens is 302 g/mol. The maximum atomic E-state index is 12.1. The van der Waals surface area contributed by atoms with Crippen LogP contribution in [0.15, 0.2) is 53.3 Å². The summed E-state index contributed by atoms with van der Waals surface area (Å²) in [6.07, 6.45) is 7.65. The molecule has 0 aliphatic rings. The SMILES string of the molecule is CCc1cnccc1C(=O)C=Cc1ccc(Br)cc1. The fraction of sp³-hybridized carbons (Fsp3) is 0.125. The van der Waals surface area contributed by atoms with E-state index in [4.69, 9.17) is 0 Å². The maximum absolute atomic E-state index is 12.1. The van der Waals surface area contributed by atoms with Crippen LogP contribution in [0, 0.1) is 0 Å². The molecule has 0 fully saturated rings. The van der Waals surface area contributed by atoms with Crippen LogP contribution in [-0.4, -0.2) is 10.8 Å². The fourth-order valence-electron chi connectivity index (χ4n) is 1.78. The van der Waals surface area contributed by atoms with Gasteiger partial charge in [-0.25, -0.2) is 0 Å². The van der Waals surface area contributed by atoms with E-state index in [0.717, 1.165) is 27.6 Å². The maximum Gasteiger partial charge on any atom is 0.186 e. The van der Waals surface area contributed by atoms with E-state index in [0.29, 0.717) is 0 Å². The van der Waals surface area contributed by atoms with Crippen LogP contribution in [0.3, 0.4) is 0 Å². The Hall–Kier alpha value is -1.74. The number of ketones is 1. The predicted octanol–water partition coefficient (Wildman–Crippen LogP) is 4.30. The first-order chi connectivity index (χ1) is 9.20. The molecular formula is C16H14BrNO. The molecule has 2 nitrogen and oxygen atoms in total. The lowest BCUT2D eigenvalue weighted by Gasteiger charge is -2.02. The number of pyridine rings is 1. The molecule has 0 saturated heterocycles. The molecule has 2 aromatic rings. The standard InChI is InChI=1S/C16H14BrNO/c1-2-13-11-18-10-9-15(13)16(19)8-5-12-3-6-14(17)7-4-12/h3-11H,2H2,1H3. The summed E-state index contributed by atoms with van der Waals surface area (Å²) in [5.41, 5.74) is 2.71. The molecule has 0 aliphatic carbocycles. The highest BCUT2D eigenvalue weighted by molar-refractivity contribution is 9.10. The molecule has 0 amide bonds. The molecule has 0 atom stereocenters. The highest BCUT2D eigenvalue weighted by Crippen LogP contribution is 2.13. The predicted molar refractivity (Wildman–Crippen MR) is 81.1 cm³/mol. The average Bonchev–Trinajstić information content (AvgIpc) is 2.46. The number of rotatable bonds is 4. The van der Waals surface area contributed by atoms with Crippen molar-refractivity contribution < 1.29 is 4.79 Å². The Bertz CT molecular complexity index is 602. The van der Waals surface area contributed by atoms with Crippen LogP contribution in [-0.2, 0) is 6.42 Å². The van der Waals surface area contributed by atoms with Gasteiger partial charge in [0, 0.05) is 22.4 Å². The van der Waals surface area contributed by atoms with E-state index in [9.17, 15) is 4.79 Å². The molecule has 0 bridgehead atoms. The summed E-state index contributed by atoms with van der Waals surface area (Å²) >= 11 is 3.38. The van der Waals surface area contributed by atoms with Crippen molar-refractivity contribution in [3.05, 3.63) is 70.0 Å². The Balaban J connectivity index is 2.19. The Morgan fingerprint density at radius 2 is 2.00 bits per heavy atom. The molecule has 1 aromatic heterocycles. The van der Waals surface area contributed by atoms with Gasteiger partial charge in [0.25, 0.3) is 0 Å². The van der Waals surface area contributed by atoms with Crippen LogP contribution in [0.5, 0.6) is 0 Å². The first kappa shape index (κ1) is 13.7. The van der Waals surface area contributed by atoms with Gasteiger partial charge in [-0.2, -0.15) is 0 Å². The minimum atomic E-state index is 0.0159. The van der Waals surface area contributed by atoms with Crippen molar-refractivity contribution >= 4 is 27.8 Å². The van der Waals surface area contributed by atoms with Crippen LogP contribution in [0.2, 0.25) is 0 Å². The zero-order valence-corrected chi connectivity index (χ0v) is 12.2. The summed E-state index contributed by atoms with van der Waals surface area (Å²) in [6, 6.07) is 9.59. The van der Waals surface area contributed by atoms with Crippen molar-refractivity contribution in [2.24, 2.45) is 0 Å². The quantitative estimate of drug-likeness (QED) is 0.622. The number of hydrogen-bond acceptors (Lipinski definition) is 2. The topological polar surface area (TPSA) is 30.0 Å². The minimum Gasteiger partial charge on any atom is -0.289 e. The van der Waals surface area contributed by atoms with E-state index >= 15 is 0 Å². The summed E-state index contributed by atoms with van der Waals surface area (Å²) in [7, 11) is 0. The molecule has 3 heteroatoms. The number of aromatic nitrogens is 1.